The second kappa shape index (κ2) is 8.06. The molecule has 0 unspecified atom stereocenters. The Morgan fingerprint density at radius 3 is 2.50 bits per heavy atom. The summed E-state index contributed by atoms with van der Waals surface area (Å²) in [7, 11) is 0. The number of aryl methyl sites for hydroxylation is 1. The molecule has 0 saturated carbocycles. The first-order valence-electron chi connectivity index (χ1n) is 8.33. The number of carbonyl (C=O) groups is 1. The van der Waals surface area contributed by atoms with E-state index in [1.54, 1.807) is 0 Å². The Morgan fingerprint density at radius 2 is 1.77 bits per heavy atom. The lowest BCUT2D eigenvalue weighted by Gasteiger charge is -2.09. The molecule has 7 nitrogen and oxygen atoms in total. The van der Waals surface area contributed by atoms with Gasteiger partial charge in [0.2, 0.25) is 11.9 Å². The number of benzene rings is 2. The van der Waals surface area contributed by atoms with Crippen molar-refractivity contribution in [2.75, 3.05) is 16.0 Å². The fourth-order valence-electron chi connectivity index (χ4n) is 2.40. The van der Waals surface area contributed by atoms with Crippen LogP contribution < -0.4 is 16.0 Å². The zero-order chi connectivity index (χ0) is 18.4. The van der Waals surface area contributed by atoms with Crippen LogP contribution in [0.15, 0.2) is 54.7 Å². The number of nitrogens with one attached hydrogen (secondary N) is 3. The Hall–Kier alpha value is -3.48. The van der Waals surface area contributed by atoms with Crippen LogP contribution in [0.3, 0.4) is 0 Å². The summed E-state index contributed by atoms with van der Waals surface area (Å²) in [5.74, 6) is 0.830. The second-order valence-corrected chi connectivity index (χ2v) is 5.73. The number of anilines is 5. The van der Waals surface area contributed by atoms with Crippen molar-refractivity contribution >= 4 is 34.7 Å². The molecule has 0 aliphatic rings. The number of hydrogen-bond donors (Lipinski definition) is 3. The van der Waals surface area contributed by atoms with E-state index in [0.717, 1.165) is 17.8 Å². The number of carbonyl (C=O) groups excluding carboxylic acids is 1. The van der Waals surface area contributed by atoms with Gasteiger partial charge in [-0.15, -0.1) is 5.10 Å². The lowest BCUT2D eigenvalue weighted by atomic mass is 10.1. The number of rotatable bonds is 6. The van der Waals surface area contributed by atoms with Crippen LogP contribution in [0.1, 0.15) is 19.4 Å². The number of hydrogen-bond acceptors (Lipinski definition) is 6. The highest BCUT2D eigenvalue weighted by molar-refractivity contribution is 5.89. The highest BCUT2D eigenvalue weighted by atomic mass is 16.1. The minimum Gasteiger partial charge on any atom is -0.339 e. The second-order valence-electron chi connectivity index (χ2n) is 5.73. The Kier molecular flexibility index (Phi) is 5.38. The van der Waals surface area contributed by atoms with Gasteiger partial charge in [-0.2, -0.15) is 10.1 Å². The molecule has 3 aromatic rings. The topological polar surface area (TPSA) is 91.8 Å². The van der Waals surface area contributed by atoms with Crippen molar-refractivity contribution in [3.63, 3.8) is 0 Å². The fourth-order valence-corrected chi connectivity index (χ4v) is 2.40. The van der Waals surface area contributed by atoms with Gasteiger partial charge in [-0.25, -0.2) is 0 Å². The monoisotopic (exact) mass is 348 g/mol. The molecule has 0 bridgehead atoms. The number of aromatic nitrogens is 3. The maximum atomic E-state index is 11.2. The van der Waals surface area contributed by atoms with Gasteiger partial charge in [0.05, 0.1) is 6.20 Å². The standard InChI is InChI=1S/C19H20N6O/c1-3-14-7-9-15(10-8-14)23-19-24-18(12-20-25-19)22-17-6-4-5-16(11-17)21-13(2)26/h4-12H,3H2,1-2H3,(H,21,26)(H2,22,23,24,25). The molecule has 1 aromatic heterocycles. The van der Waals surface area contributed by atoms with Crippen LogP contribution in [0.2, 0.25) is 0 Å². The summed E-state index contributed by atoms with van der Waals surface area (Å²) >= 11 is 0. The third kappa shape index (κ3) is 4.76. The van der Waals surface area contributed by atoms with Crippen LogP contribution in [0.5, 0.6) is 0 Å². The SMILES string of the molecule is CCc1ccc(Nc2nncc(Nc3cccc(NC(C)=O)c3)n2)cc1. The Labute approximate surface area is 151 Å². The van der Waals surface area contributed by atoms with Crippen molar-refractivity contribution in [3.05, 3.63) is 60.3 Å². The molecule has 7 heteroatoms. The summed E-state index contributed by atoms with van der Waals surface area (Å²) in [6, 6.07) is 15.5. The molecule has 3 rings (SSSR count). The smallest absolute Gasteiger partial charge is 0.249 e. The highest BCUT2D eigenvalue weighted by Gasteiger charge is 2.04. The van der Waals surface area contributed by atoms with Crippen molar-refractivity contribution in [3.8, 4) is 0 Å². The van der Waals surface area contributed by atoms with Crippen molar-refractivity contribution in [1.29, 1.82) is 0 Å². The summed E-state index contributed by atoms with van der Waals surface area (Å²) in [5.41, 5.74) is 3.66. The Bertz CT molecular complexity index is 895. The average molecular weight is 348 g/mol. The normalized spacial score (nSPS) is 10.2. The van der Waals surface area contributed by atoms with E-state index in [1.807, 2.05) is 36.4 Å². The van der Waals surface area contributed by atoms with Gasteiger partial charge in [-0.1, -0.05) is 25.1 Å². The van der Waals surface area contributed by atoms with Crippen molar-refractivity contribution < 1.29 is 4.79 Å². The quantitative estimate of drug-likeness (QED) is 0.626. The number of amides is 1. The van der Waals surface area contributed by atoms with Crippen molar-refractivity contribution in [1.82, 2.24) is 15.2 Å². The van der Waals surface area contributed by atoms with Gasteiger partial charge in [0.1, 0.15) is 0 Å². The van der Waals surface area contributed by atoms with Crippen LogP contribution in [0.25, 0.3) is 0 Å². The van der Waals surface area contributed by atoms with Gasteiger partial charge < -0.3 is 16.0 Å². The zero-order valence-electron chi connectivity index (χ0n) is 14.7. The van der Waals surface area contributed by atoms with Crippen LogP contribution in [0, 0.1) is 0 Å². The first-order chi connectivity index (χ1) is 12.6. The lowest BCUT2D eigenvalue weighted by Crippen LogP contribution is -2.06. The predicted octanol–water partition coefficient (Wildman–Crippen LogP) is 3.88. The molecule has 0 aliphatic heterocycles. The van der Waals surface area contributed by atoms with Crippen molar-refractivity contribution in [2.45, 2.75) is 20.3 Å². The molecule has 132 valence electrons. The van der Waals surface area contributed by atoms with E-state index in [9.17, 15) is 4.79 Å². The molecule has 0 fully saturated rings. The molecule has 1 heterocycles. The molecule has 0 spiro atoms. The predicted molar refractivity (Wildman–Crippen MR) is 103 cm³/mol. The molecular weight excluding hydrogens is 328 g/mol. The Balaban J connectivity index is 1.71. The van der Waals surface area contributed by atoms with E-state index in [0.29, 0.717) is 17.5 Å². The molecule has 0 aliphatic carbocycles. The molecular formula is C19H20N6O. The summed E-state index contributed by atoms with van der Waals surface area (Å²) in [6.45, 7) is 3.59. The van der Waals surface area contributed by atoms with Gasteiger partial charge in [0.25, 0.3) is 0 Å². The van der Waals surface area contributed by atoms with E-state index in [4.69, 9.17) is 0 Å². The van der Waals surface area contributed by atoms with Gasteiger partial charge in [-0.3, -0.25) is 4.79 Å². The molecule has 26 heavy (non-hydrogen) atoms. The average Bonchev–Trinajstić information content (AvgIpc) is 2.62. The minimum atomic E-state index is -0.119. The Morgan fingerprint density at radius 1 is 1.00 bits per heavy atom. The van der Waals surface area contributed by atoms with Crippen LogP contribution >= 0.6 is 0 Å². The molecule has 3 N–H and O–H groups in total. The lowest BCUT2D eigenvalue weighted by molar-refractivity contribution is -0.114. The van der Waals surface area contributed by atoms with Gasteiger partial charge in [0, 0.05) is 24.0 Å². The molecule has 0 atom stereocenters. The van der Waals surface area contributed by atoms with E-state index in [2.05, 4.69) is 50.2 Å². The van der Waals surface area contributed by atoms with Crippen LogP contribution in [-0.2, 0) is 11.2 Å². The van der Waals surface area contributed by atoms with Crippen LogP contribution in [-0.4, -0.2) is 21.1 Å². The third-order valence-corrected chi connectivity index (χ3v) is 3.63. The first-order valence-corrected chi connectivity index (χ1v) is 8.33. The fraction of sp³-hybridized carbons (Fsp3) is 0.158. The third-order valence-electron chi connectivity index (χ3n) is 3.63. The zero-order valence-corrected chi connectivity index (χ0v) is 14.7. The molecule has 1 amide bonds. The highest BCUT2D eigenvalue weighted by Crippen LogP contribution is 2.20. The summed E-state index contributed by atoms with van der Waals surface area (Å²) in [5, 5.41) is 17.0. The van der Waals surface area contributed by atoms with Gasteiger partial charge in [-0.05, 0) is 42.3 Å². The number of nitrogens with zero attached hydrogens (tertiary/aromatic N) is 3. The first kappa shape index (κ1) is 17.3. The van der Waals surface area contributed by atoms with E-state index in [1.165, 1.54) is 18.7 Å². The van der Waals surface area contributed by atoms with Gasteiger partial charge in [0.15, 0.2) is 5.82 Å². The van der Waals surface area contributed by atoms with E-state index < -0.39 is 0 Å². The maximum absolute atomic E-state index is 11.2. The summed E-state index contributed by atoms with van der Waals surface area (Å²) < 4.78 is 0. The van der Waals surface area contributed by atoms with Crippen molar-refractivity contribution in [2.24, 2.45) is 0 Å². The molecule has 0 saturated heterocycles. The molecule has 0 radical (unpaired) electrons. The summed E-state index contributed by atoms with van der Waals surface area (Å²) in [6.07, 6.45) is 2.53. The minimum absolute atomic E-state index is 0.119. The maximum Gasteiger partial charge on any atom is 0.249 e. The largest absolute Gasteiger partial charge is 0.339 e. The van der Waals surface area contributed by atoms with Crippen LogP contribution in [0.4, 0.5) is 28.8 Å². The van der Waals surface area contributed by atoms with Gasteiger partial charge >= 0.3 is 0 Å². The molecule has 2 aromatic carbocycles. The van der Waals surface area contributed by atoms with E-state index >= 15 is 0 Å². The summed E-state index contributed by atoms with van der Waals surface area (Å²) in [4.78, 5) is 15.6. The van der Waals surface area contributed by atoms with E-state index in [-0.39, 0.29) is 5.91 Å².